The fourth-order valence-electron chi connectivity index (χ4n) is 3.80. The number of carbonyl (C=O) groups is 4. The highest BCUT2D eigenvalue weighted by Gasteiger charge is 2.37. The van der Waals surface area contributed by atoms with E-state index >= 15 is 0 Å². The summed E-state index contributed by atoms with van der Waals surface area (Å²) >= 11 is 1.84. The number of ether oxygens (including phenoxy) is 3. The Hall–Kier alpha value is -5.39. The normalized spacial score (nSPS) is 13.9. The van der Waals surface area contributed by atoms with Crippen LogP contribution in [-0.2, 0) is 14.3 Å². The van der Waals surface area contributed by atoms with E-state index in [1.807, 2.05) is 22.6 Å². The molecule has 214 valence electrons. The van der Waals surface area contributed by atoms with Crippen molar-refractivity contribution in [3.05, 3.63) is 95.1 Å². The Morgan fingerprint density at radius 1 is 0.952 bits per heavy atom. The number of anilines is 1. The van der Waals surface area contributed by atoms with Gasteiger partial charge < -0.3 is 14.2 Å². The van der Waals surface area contributed by atoms with Gasteiger partial charge in [0.25, 0.3) is 17.5 Å². The first-order valence-electron chi connectivity index (χ1n) is 11.5. The largest absolute Gasteiger partial charge is 0.493 e. The van der Waals surface area contributed by atoms with E-state index in [4.69, 9.17) is 9.47 Å². The van der Waals surface area contributed by atoms with Crippen molar-refractivity contribution in [1.29, 1.82) is 0 Å². The molecule has 3 aromatic rings. The van der Waals surface area contributed by atoms with Crippen molar-refractivity contribution in [3.63, 3.8) is 0 Å². The number of urea groups is 1. The van der Waals surface area contributed by atoms with Gasteiger partial charge in [0, 0.05) is 6.07 Å². The summed E-state index contributed by atoms with van der Waals surface area (Å²) < 4.78 is 16.1. The predicted molar refractivity (Wildman–Crippen MR) is 152 cm³/mol. The van der Waals surface area contributed by atoms with Crippen LogP contribution in [0, 0.1) is 23.8 Å². The van der Waals surface area contributed by atoms with Crippen LogP contribution >= 0.6 is 22.6 Å². The molecule has 1 aliphatic rings. The third-order valence-electron chi connectivity index (χ3n) is 5.77. The van der Waals surface area contributed by atoms with Gasteiger partial charge in [-0.25, -0.2) is 14.5 Å². The highest BCUT2D eigenvalue weighted by Crippen LogP contribution is 2.41. The molecule has 1 saturated heterocycles. The fourth-order valence-corrected chi connectivity index (χ4v) is 4.54. The summed E-state index contributed by atoms with van der Waals surface area (Å²) in [7, 11) is 2.49. The Balaban J connectivity index is 1.69. The van der Waals surface area contributed by atoms with Crippen LogP contribution in [0.3, 0.4) is 0 Å². The van der Waals surface area contributed by atoms with Crippen LogP contribution in [0.15, 0.2) is 60.2 Å². The maximum atomic E-state index is 13.3. The Kier molecular flexibility index (Phi) is 8.46. The molecule has 42 heavy (non-hydrogen) atoms. The minimum absolute atomic E-state index is 0.0270. The van der Waals surface area contributed by atoms with E-state index in [2.05, 4.69) is 10.1 Å². The van der Waals surface area contributed by atoms with Gasteiger partial charge in [0.15, 0.2) is 11.5 Å². The van der Waals surface area contributed by atoms with Crippen molar-refractivity contribution < 1.29 is 43.2 Å². The first-order valence-corrected chi connectivity index (χ1v) is 12.6. The summed E-state index contributed by atoms with van der Waals surface area (Å²) in [4.78, 5) is 71.8. The van der Waals surface area contributed by atoms with Crippen molar-refractivity contribution in [1.82, 2.24) is 5.32 Å². The standard InChI is InChI=1S/C26H17IN4O11/c1-40-21-11-13(10-18(27)22(21)42-20-8-7-16(30(36)37)12-19(20)31(38)39)9-17-23(32)28-26(35)29(24(17)33)15-5-3-14(4-6-15)25(34)41-2/h3-12H,1-2H3,(H,28,32,35)/b17-9+. The predicted octanol–water partition coefficient (Wildman–Crippen LogP) is 4.36. The lowest BCUT2D eigenvalue weighted by atomic mass is 10.1. The van der Waals surface area contributed by atoms with Gasteiger partial charge in [-0.15, -0.1) is 0 Å². The molecule has 4 amide bonds. The van der Waals surface area contributed by atoms with E-state index in [0.717, 1.165) is 23.1 Å². The number of nitrogens with zero attached hydrogens (tertiary/aromatic N) is 3. The molecule has 0 aromatic heterocycles. The average Bonchev–Trinajstić information content (AvgIpc) is 2.96. The highest BCUT2D eigenvalue weighted by molar-refractivity contribution is 14.1. The van der Waals surface area contributed by atoms with Gasteiger partial charge in [-0.2, -0.15) is 0 Å². The molecule has 3 aromatic carbocycles. The molecule has 16 heteroatoms. The molecule has 1 fully saturated rings. The van der Waals surface area contributed by atoms with Crippen molar-refractivity contribution in [3.8, 4) is 17.2 Å². The Morgan fingerprint density at radius 3 is 2.24 bits per heavy atom. The van der Waals surface area contributed by atoms with Crippen molar-refractivity contribution >= 4 is 69.5 Å². The van der Waals surface area contributed by atoms with Crippen molar-refractivity contribution in [2.45, 2.75) is 0 Å². The lowest BCUT2D eigenvalue weighted by molar-refractivity contribution is -0.394. The fraction of sp³-hybridized carbons (Fsp3) is 0.0769. The number of non-ortho nitro benzene ring substituents is 1. The summed E-state index contributed by atoms with van der Waals surface area (Å²) in [6.45, 7) is 0. The third kappa shape index (κ3) is 5.87. The molecule has 1 heterocycles. The monoisotopic (exact) mass is 688 g/mol. The van der Waals surface area contributed by atoms with Gasteiger partial charge in [0.2, 0.25) is 5.75 Å². The topological polar surface area (TPSA) is 198 Å². The summed E-state index contributed by atoms with van der Waals surface area (Å²) in [5.74, 6) is -2.72. The van der Waals surface area contributed by atoms with Crippen molar-refractivity contribution in [2.24, 2.45) is 0 Å². The zero-order chi connectivity index (χ0) is 30.7. The molecule has 0 bridgehead atoms. The summed E-state index contributed by atoms with van der Waals surface area (Å²) in [5.41, 5.74) is -1.01. The third-order valence-corrected chi connectivity index (χ3v) is 6.57. The van der Waals surface area contributed by atoms with E-state index in [1.54, 1.807) is 0 Å². The minimum Gasteiger partial charge on any atom is -0.493 e. The number of rotatable bonds is 8. The number of amides is 4. The van der Waals surface area contributed by atoms with Gasteiger partial charge >= 0.3 is 17.7 Å². The molecule has 1 aliphatic heterocycles. The van der Waals surface area contributed by atoms with Crippen LogP contribution < -0.4 is 19.7 Å². The molecule has 0 radical (unpaired) electrons. The summed E-state index contributed by atoms with van der Waals surface area (Å²) in [6.07, 6.45) is 1.21. The molecule has 0 saturated carbocycles. The quantitative estimate of drug-likeness (QED) is 0.0881. The van der Waals surface area contributed by atoms with Gasteiger partial charge in [0.1, 0.15) is 5.57 Å². The maximum Gasteiger partial charge on any atom is 0.337 e. The zero-order valence-corrected chi connectivity index (χ0v) is 23.6. The Labute approximate surface area is 249 Å². The Morgan fingerprint density at radius 2 is 1.64 bits per heavy atom. The van der Waals surface area contributed by atoms with E-state index < -0.39 is 50.6 Å². The number of hydrogen-bond donors (Lipinski definition) is 1. The number of halogens is 1. The number of nitrogens with one attached hydrogen (secondary N) is 1. The number of barbiturate groups is 1. The number of nitro groups is 2. The number of methoxy groups -OCH3 is 2. The van der Waals surface area contributed by atoms with Gasteiger partial charge in [-0.3, -0.25) is 35.1 Å². The first-order chi connectivity index (χ1) is 19.9. The first kappa shape index (κ1) is 29.6. The van der Waals surface area contributed by atoms with E-state index in [9.17, 15) is 39.4 Å². The van der Waals surface area contributed by atoms with Crippen molar-refractivity contribution in [2.75, 3.05) is 19.1 Å². The summed E-state index contributed by atoms with van der Waals surface area (Å²) in [5, 5.41) is 24.7. The molecular weight excluding hydrogens is 671 g/mol. The van der Waals surface area contributed by atoms with Crippen LogP contribution in [0.25, 0.3) is 6.08 Å². The van der Waals surface area contributed by atoms with E-state index in [1.165, 1.54) is 56.7 Å². The van der Waals surface area contributed by atoms with Crippen LogP contribution in [0.4, 0.5) is 21.9 Å². The molecule has 15 nitrogen and oxygen atoms in total. The number of nitro benzene ring substituents is 2. The second-order valence-corrected chi connectivity index (χ2v) is 9.46. The number of esters is 1. The van der Waals surface area contributed by atoms with Crippen LogP contribution in [0.5, 0.6) is 17.2 Å². The highest BCUT2D eigenvalue weighted by atomic mass is 127. The second kappa shape index (κ2) is 12.0. The lowest BCUT2D eigenvalue weighted by Gasteiger charge is -2.26. The molecular formula is C26H17IN4O11. The van der Waals surface area contributed by atoms with Crippen LogP contribution in [0.1, 0.15) is 15.9 Å². The van der Waals surface area contributed by atoms with E-state index in [-0.39, 0.29) is 34.1 Å². The lowest BCUT2D eigenvalue weighted by Crippen LogP contribution is -2.54. The minimum atomic E-state index is -0.992. The van der Waals surface area contributed by atoms with Gasteiger partial charge in [0.05, 0.1) is 45.0 Å². The molecule has 4 rings (SSSR count). The van der Waals surface area contributed by atoms with Gasteiger partial charge in [-0.05, 0) is 76.7 Å². The van der Waals surface area contributed by atoms with Crippen LogP contribution in [0.2, 0.25) is 0 Å². The van der Waals surface area contributed by atoms with Crippen LogP contribution in [-0.4, -0.2) is 47.9 Å². The van der Waals surface area contributed by atoms with Gasteiger partial charge in [-0.1, -0.05) is 0 Å². The SMILES string of the molecule is COC(=O)c1ccc(N2C(=O)NC(=O)/C(=C\c3cc(I)c(Oc4ccc([N+](=O)[O-])cc4[N+](=O)[O-])c(OC)c3)C2=O)cc1. The molecule has 0 aliphatic carbocycles. The second-order valence-electron chi connectivity index (χ2n) is 8.30. The number of imide groups is 2. The maximum absolute atomic E-state index is 13.3. The van der Waals surface area contributed by atoms with E-state index in [0.29, 0.717) is 3.57 Å². The Bertz CT molecular complexity index is 1700. The molecule has 0 atom stereocenters. The smallest absolute Gasteiger partial charge is 0.337 e. The number of carbonyl (C=O) groups excluding carboxylic acids is 4. The average molecular weight is 688 g/mol. The molecule has 1 N–H and O–H groups in total. The summed E-state index contributed by atoms with van der Waals surface area (Å²) in [6, 6.07) is 10.1. The molecule has 0 unspecified atom stereocenters. The molecule has 0 spiro atoms. The zero-order valence-electron chi connectivity index (χ0n) is 21.5. The number of benzene rings is 3. The number of hydrogen-bond acceptors (Lipinski definition) is 11.